The Balaban J connectivity index is 1.72. The molecule has 0 radical (unpaired) electrons. The van der Waals surface area contributed by atoms with Crippen LogP contribution < -0.4 is 5.32 Å². The minimum absolute atomic E-state index is 0.672. The van der Waals surface area contributed by atoms with E-state index < -0.39 is 0 Å². The number of benzene rings is 1. The summed E-state index contributed by atoms with van der Waals surface area (Å²) in [5.74, 6) is 0.757. The van der Waals surface area contributed by atoms with Gasteiger partial charge in [0.15, 0.2) is 0 Å². The maximum absolute atomic E-state index is 9.75. The maximum Gasteiger partial charge on any atom is 0.102 e. The lowest BCUT2D eigenvalue weighted by Crippen LogP contribution is -2.09. The van der Waals surface area contributed by atoms with Crippen LogP contribution in [0.4, 0.5) is 0 Å². The minimum atomic E-state index is 0.672. The highest BCUT2D eigenvalue weighted by Gasteiger charge is 2.18. The smallest absolute Gasteiger partial charge is 0.102 e. The highest BCUT2D eigenvalue weighted by Crippen LogP contribution is 2.34. The summed E-state index contributed by atoms with van der Waals surface area (Å²) in [7, 11) is 1.98. The zero-order chi connectivity index (χ0) is 18.1. The van der Waals surface area contributed by atoms with Crippen molar-refractivity contribution in [1.29, 1.82) is 5.26 Å². The number of nitriles is 1. The number of rotatable bonds is 4. The topological polar surface area (TPSA) is 53.6 Å². The third-order valence-corrected chi connectivity index (χ3v) is 5.58. The number of nitrogens with zero attached hydrogens (tertiary/aromatic N) is 3. The second-order valence-corrected chi connectivity index (χ2v) is 7.47. The van der Waals surface area contributed by atoms with Crippen molar-refractivity contribution in [2.24, 2.45) is 13.0 Å². The van der Waals surface area contributed by atoms with Crippen molar-refractivity contribution in [2.75, 3.05) is 13.1 Å². The van der Waals surface area contributed by atoms with E-state index >= 15 is 0 Å². The molecule has 5 heteroatoms. The molecule has 1 aromatic carbocycles. The molecule has 1 aliphatic rings. The molecule has 3 aromatic rings. The summed E-state index contributed by atoms with van der Waals surface area (Å²) in [6, 6.07) is 10.2. The van der Waals surface area contributed by atoms with Crippen LogP contribution in [0.3, 0.4) is 0 Å². The molecule has 0 amide bonds. The SMILES string of the molecule is Cn1c(-c2cncc(CC[C@H]3CCNC3)c2)c(C#N)c2ccc(Cl)cc21. The predicted octanol–water partition coefficient (Wildman–Crippen LogP) is 4.31. The summed E-state index contributed by atoms with van der Waals surface area (Å²) >= 11 is 6.16. The van der Waals surface area contributed by atoms with Crippen molar-refractivity contribution in [1.82, 2.24) is 14.9 Å². The van der Waals surface area contributed by atoms with Crippen LogP contribution in [0.5, 0.6) is 0 Å². The average Bonchev–Trinajstić information content (AvgIpc) is 3.26. The van der Waals surface area contributed by atoms with E-state index in [1.54, 1.807) is 0 Å². The first-order valence-electron chi connectivity index (χ1n) is 9.00. The van der Waals surface area contributed by atoms with Gasteiger partial charge in [0.2, 0.25) is 0 Å². The van der Waals surface area contributed by atoms with Gasteiger partial charge in [-0.1, -0.05) is 11.6 Å². The molecule has 1 aliphatic heterocycles. The Labute approximate surface area is 158 Å². The van der Waals surface area contributed by atoms with Crippen LogP contribution in [0.2, 0.25) is 5.02 Å². The molecule has 2 aromatic heterocycles. The Morgan fingerprint density at radius 1 is 1.35 bits per heavy atom. The van der Waals surface area contributed by atoms with Gasteiger partial charge in [0.25, 0.3) is 0 Å². The third-order valence-electron chi connectivity index (χ3n) is 5.35. The molecule has 0 aliphatic carbocycles. The van der Waals surface area contributed by atoms with Crippen LogP contribution in [0, 0.1) is 17.2 Å². The molecule has 0 spiro atoms. The first-order chi connectivity index (χ1) is 12.7. The number of fused-ring (bicyclic) bond motifs is 1. The number of aromatic nitrogens is 2. The van der Waals surface area contributed by atoms with Crippen molar-refractivity contribution in [3.8, 4) is 17.3 Å². The van der Waals surface area contributed by atoms with Gasteiger partial charge in [-0.2, -0.15) is 5.26 Å². The number of pyridine rings is 1. The van der Waals surface area contributed by atoms with Gasteiger partial charge >= 0.3 is 0 Å². The lowest BCUT2D eigenvalue weighted by Gasteiger charge is -2.10. The summed E-state index contributed by atoms with van der Waals surface area (Å²) in [6.45, 7) is 2.25. The first kappa shape index (κ1) is 17.1. The maximum atomic E-state index is 9.75. The van der Waals surface area contributed by atoms with Crippen LogP contribution in [0.1, 0.15) is 24.0 Å². The van der Waals surface area contributed by atoms with Crippen LogP contribution in [0.15, 0.2) is 36.7 Å². The number of nitrogens with one attached hydrogen (secondary N) is 1. The lowest BCUT2D eigenvalue weighted by atomic mass is 9.98. The summed E-state index contributed by atoms with van der Waals surface area (Å²) in [6.07, 6.45) is 7.24. The Kier molecular flexibility index (Phi) is 4.67. The van der Waals surface area contributed by atoms with Crippen molar-refractivity contribution in [2.45, 2.75) is 19.3 Å². The van der Waals surface area contributed by atoms with E-state index in [0.717, 1.165) is 47.6 Å². The number of halogens is 1. The molecular weight excluding hydrogens is 344 g/mol. The molecule has 1 atom stereocenters. The Hall–Kier alpha value is -2.35. The molecule has 3 heterocycles. The molecule has 4 nitrogen and oxygen atoms in total. The van der Waals surface area contributed by atoms with Gasteiger partial charge in [0, 0.05) is 35.4 Å². The van der Waals surface area contributed by atoms with Crippen LogP contribution in [0.25, 0.3) is 22.2 Å². The van der Waals surface area contributed by atoms with Crippen LogP contribution >= 0.6 is 11.6 Å². The van der Waals surface area contributed by atoms with E-state index in [4.69, 9.17) is 11.6 Å². The summed E-state index contributed by atoms with van der Waals surface area (Å²) < 4.78 is 2.04. The van der Waals surface area contributed by atoms with E-state index in [9.17, 15) is 5.26 Å². The van der Waals surface area contributed by atoms with Gasteiger partial charge in [-0.15, -0.1) is 0 Å². The summed E-state index contributed by atoms with van der Waals surface area (Å²) in [5.41, 5.74) is 4.76. The zero-order valence-corrected chi connectivity index (χ0v) is 15.6. The molecule has 1 saturated heterocycles. The van der Waals surface area contributed by atoms with E-state index in [2.05, 4.69) is 22.4 Å². The highest BCUT2D eigenvalue weighted by molar-refractivity contribution is 6.31. The number of hydrogen-bond acceptors (Lipinski definition) is 3. The minimum Gasteiger partial charge on any atom is -0.342 e. The van der Waals surface area contributed by atoms with E-state index in [0.29, 0.717) is 10.6 Å². The number of hydrogen-bond donors (Lipinski definition) is 1. The standard InChI is InChI=1S/C21H21ClN4/c1-26-20-9-17(22)4-5-18(20)19(10-23)21(26)16-8-15(12-25-13-16)3-2-14-6-7-24-11-14/h4-5,8-9,12-14,24H,2-3,6-7,11H2,1H3/t14-/m0/s1. The quantitative estimate of drug-likeness (QED) is 0.750. The van der Waals surface area contributed by atoms with Gasteiger partial charge in [0.05, 0.1) is 16.8 Å². The van der Waals surface area contributed by atoms with Crippen molar-refractivity contribution >= 4 is 22.5 Å². The first-order valence-corrected chi connectivity index (χ1v) is 9.38. The second kappa shape index (κ2) is 7.11. The predicted molar refractivity (Wildman–Crippen MR) is 105 cm³/mol. The summed E-state index contributed by atoms with van der Waals surface area (Å²) in [4.78, 5) is 4.45. The molecule has 1 fully saturated rings. The van der Waals surface area contributed by atoms with E-state index in [-0.39, 0.29) is 0 Å². The van der Waals surface area contributed by atoms with Crippen molar-refractivity contribution < 1.29 is 0 Å². The van der Waals surface area contributed by atoms with Gasteiger partial charge in [-0.3, -0.25) is 4.98 Å². The Morgan fingerprint density at radius 3 is 3.00 bits per heavy atom. The molecular formula is C21H21ClN4. The van der Waals surface area contributed by atoms with Gasteiger partial charge < -0.3 is 9.88 Å². The fraction of sp³-hybridized carbons (Fsp3) is 0.333. The van der Waals surface area contributed by atoms with Gasteiger partial charge in [-0.25, -0.2) is 0 Å². The molecule has 0 saturated carbocycles. The monoisotopic (exact) mass is 364 g/mol. The molecule has 4 rings (SSSR count). The second-order valence-electron chi connectivity index (χ2n) is 7.04. The third kappa shape index (κ3) is 3.09. The van der Waals surface area contributed by atoms with Crippen molar-refractivity contribution in [3.63, 3.8) is 0 Å². The van der Waals surface area contributed by atoms with Gasteiger partial charge in [-0.05, 0) is 68.1 Å². The Bertz CT molecular complexity index is 993. The fourth-order valence-electron chi connectivity index (χ4n) is 3.95. The molecule has 0 unspecified atom stereocenters. The molecule has 0 bridgehead atoms. The normalized spacial score (nSPS) is 16.9. The van der Waals surface area contributed by atoms with Crippen LogP contribution in [-0.2, 0) is 13.5 Å². The molecule has 1 N–H and O–H groups in total. The summed E-state index contributed by atoms with van der Waals surface area (Å²) in [5, 5.41) is 14.8. The van der Waals surface area contributed by atoms with Crippen LogP contribution in [-0.4, -0.2) is 22.6 Å². The zero-order valence-electron chi connectivity index (χ0n) is 14.8. The molecule has 132 valence electrons. The van der Waals surface area contributed by atoms with E-state index in [1.807, 2.05) is 42.2 Å². The molecule has 26 heavy (non-hydrogen) atoms. The van der Waals surface area contributed by atoms with Crippen molar-refractivity contribution in [3.05, 3.63) is 52.8 Å². The number of aryl methyl sites for hydroxylation is 2. The van der Waals surface area contributed by atoms with E-state index in [1.165, 1.54) is 18.4 Å². The highest BCUT2D eigenvalue weighted by atomic mass is 35.5. The fourth-order valence-corrected chi connectivity index (χ4v) is 4.11. The lowest BCUT2D eigenvalue weighted by molar-refractivity contribution is 0.532. The Morgan fingerprint density at radius 2 is 2.23 bits per heavy atom. The largest absolute Gasteiger partial charge is 0.342 e. The average molecular weight is 365 g/mol. The van der Waals surface area contributed by atoms with Gasteiger partial charge in [0.1, 0.15) is 6.07 Å².